The number of aromatic nitrogens is 2. The summed E-state index contributed by atoms with van der Waals surface area (Å²) >= 11 is 0. The molecule has 96 heavy (non-hydrogen) atoms. The molecule has 2 aromatic carbocycles. The molecule has 9 rings (SSSR count). The molecule has 0 saturated carbocycles. The topological polar surface area (TPSA) is 480 Å². The number of nitrogens with zero attached hydrogens (tertiary/aromatic N) is 3. The van der Waals surface area contributed by atoms with Gasteiger partial charge in [0.25, 0.3) is 17.4 Å². The Morgan fingerprint density at radius 1 is 0.750 bits per heavy atom. The minimum atomic E-state index is -1.72. The molecule has 14 N–H and O–H groups in total. The van der Waals surface area contributed by atoms with Crippen LogP contribution in [-0.4, -0.2) is 223 Å². The summed E-state index contributed by atoms with van der Waals surface area (Å²) in [4.78, 5) is 174. The Kier molecular flexibility index (Phi) is 22.6. The van der Waals surface area contributed by atoms with Crippen molar-refractivity contribution < 1.29 is 102 Å². The zero-order valence-corrected chi connectivity index (χ0v) is 53.8. The number of esters is 1. The highest BCUT2D eigenvalue weighted by Crippen LogP contribution is 2.46. The molecule has 4 aromatic rings. The molecule has 11 amide bonds. The number of aliphatic hydroxyl groups is 5. The first-order valence-corrected chi connectivity index (χ1v) is 31.5. The monoisotopic (exact) mass is 1350 g/mol. The van der Waals surface area contributed by atoms with Crippen LogP contribution in [0.15, 0.2) is 59.4 Å². The highest BCUT2D eigenvalue weighted by molar-refractivity contribution is 6.20. The Balaban J connectivity index is 0.744. The number of hydrogen-bond donors (Lipinski definition) is 14. The number of imide groups is 1. The molecule has 33 nitrogen and oxygen atoms in total. The average molecular weight is 1360 g/mol. The Morgan fingerprint density at radius 2 is 1.42 bits per heavy atom. The summed E-state index contributed by atoms with van der Waals surface area (Å²) in [5.41, 5.74) is 3.56. The van der Waals surface area contributed by atoms with Crippen LogP contribution in [0.3, 0.4) is 0 Å². The van der Waals surface area contributed by atoms with Gasteiger partial charge in [0, 0.05) is 82.5 Å². The van der Waals surface area contributed by atoms with E-state index in [2.05, 4.69) is 47.9 Å². The molecule has 0 radical (unpaired) electrons. The van der Waals surface area contributed by atoms with E-state index in [4.69, 9.17) is 19.2 Å². The first-order chi connectivity index (χ1) is 45.7. The van der Waals surface area contributed by atoms with Gasteiger partial charge in [-0.2, -0.15) is 0 Å². The van der Waals surface area contributed by atoms with Gasteiger partial charge in [0.05, 0.1) is 55.3 Å². The van der Waals surface area contributed by atoms with Gasteiger partial charge < -0.3 is 92.2 Å². The number of ether oxygens (including phenoxy) is 3. The third kappa shape index (κ3) is 16.3. The Hall–Kier alpha value is -9.75. The quantitative estimate of drug-likeness (QED) is 0.00727. The molecule has 1 aliphatic carbocycles. The lowest BCUT2D eigenvalue weighted by molar-refractivity contribution is -0.227. The summed E-state index contributed by atoms with van der Waals surface area (Å²) in [6, 6.07) is 8.40. The minimum absolute atomic E-state index is 0.0234. The summed E-state index contributed by atoms with van der Waals surface area (Å²) in [5, 5.41) is 72.6. The number of halogens is 1. The van der Waals surface area contributed by atoms with Gasteiger partial charge in [-0.1, -0.05) is 30.3 Å². The predicted octanol–water partition coefficient (Wildman–Crippen LogP) is -7.64. The number of cyclic esters (lactones) is 1. The smallest absolute Gasteiger partial charge is 0.340 e. The molecule has 0 spiro atoms. The van der Waals surface area contributed by atoms with Gasteiger partial charge in [-0.05, 0) is 54.5 Å². The first kappa shape index (κ1) is 70.6. The van der Waals surface area contributed by atoms with Gasteiger partial charge in [0.2, 0.25) is 53.2 Å². The molecule has 4 aliphatic heterocycles. The number of fused-ring (bicyclic) bond motifs is 5. The van der Waals surface area contributed by atoms with Crippen molar-refractivity contribution in [2.24, 2.45) is 0 Å². The third-order valence-electron chi connectivity index (χ3n) is 16.9. The van der Waals surface area contributed by atoms with Gasteiger partial charge in [-0.25, -0.2) is 14.2 Å². The number of aliphatic hydroxyl groups excluding tert-OH is 5. The van der Waals surface area contributed by atoms with Crippen LogP contribution in [0.5, 0.6) is 0 Å². The van der Waals surface area contributed by atoms with Crippen LogP contribution >= 0.6 is 0 Å². The number of pyridine rings is 2. The number of amides is 11. The second-order valence-electron chi connectivity index (χ2n) is 23.6. The lowest BCUT2D eigenvalue weighted by Crippen LogP contribution is -2.60. The molecule has 1 unspecified atom stereocenters. The van der Waals surface area contributed by atoms with Crippen molar-refractivity contribution >= 4 is 92.1 Å². The fourth-order valence-corrected chi connectivity index (χ4v) is 12.9. The molecule has 9 atom stereocenters. The van der Waals surface area contributed by atoms with Crippen LogP contribution in [0.4, 0.5) is 4.39 Å². The van der Waals surface area contributed by atoms with Gasteiger partial charge in [-0.15, -0.1) is 0 Å². The predicted molar refractivity (Wildman–Crippen MR) is 330 cm³/mol. The maximum absolute atomic E-state index is 15.5. The van der Waals surface area contributed by atoms with E-state index in [-0.39, 0.29) is 42.8 Å². The summed E-state index contributed by atoms with van der Waals surface area (Å²) in [7, 11) is 0.305. The normalized spacial score (nSPS) is 21.2. The zero-order valence-electron chi connectivity index (χ0n) is 51.8. The largest absolute Gasteiger partial charge is 0.458 e. The van der Waals surface area contributed by atoms with Crippen LogP contribution in [-0.2, 0) is 103 Å². The maximum Gasteiger partial charge on any atom is 0.340 e. The van der Waals surface area contributed by atoms with E-state index in [0.29, 0.717) is 72.6 Å². The lowest BCUT2D eigenvalue weighted by Gasteiger charge is -2.40. The van der Waals surface area contributed by atoms with Crippen molar-refractivity contribution in [3.05, 3.63) is 110 Å². The number of hydrogen-bond acceptors (Lipinski definition) is 22. The van der Waals surface area contributed by atoms with Crippen molar-refractivity contribution in [3.63, 3.8) is 0 Å². The van der Waals surface area contributed by atoms with Crippen molar-refractivity contribution in [3.8, 4) is 11.4 Å². The van der Waals surface area contributed by atoms with Crippen LogP contribution in [0.1, 0.15) is 70.7 Å². The van der Waals surface area contributed by atoms with Crippen molar-refractivity contribution in [2.45, 2.75) is 112 Å². The number of nitrogens with one attached hydrogen (secondary N) is 9. The van der Waals surface area contributed by atoms with E-state index in [1.54, 1.807) is 37.3 Å². The highest BCUT2D eigenvalue weighted by Gasteiger charge is 2.45. The van der Waals surface area contributed by atoms with Crippen LogP contribution in [0, 0.1) is 12.7 Å². The average Bonchev–Trinajstić information content (AvgIpc) is 1.41. The second kappa shape index (κ2) is 30.8. The van der Waals surface area contributed by atoms with Crippen LogP contribution in [0.25, 0.3) is 22.3 Å². The molecule has 35 heteroatoms. The van der Waals surface area contributed by atoms with Crippen LogP contribution in [0.2, 0.25) is 0 Å². The molecule has 5 aliphatic rings. The molecule has 0 bridgehead atoms. The molecule has 1 saturated heterocycles. The second-order valence-corrected chi connectivity index (χ2v) is 25.3. The van der Waals surface area contributed by atoms with E-state index < -0.39 is 208 Å². The van der Waals surface area contributed by atoms with Gasteiger partial charge in [-0.3, -0.25) is 62.4 Å². The number of benzene rings is 2. The Morgan fingerprint density at radius 3 is 2.12 bits per heavy atom. The van der Waals surface area contributed by atoms with Gasteiger partial charge >= 0.3 is 5.97 Å². The van der Waals surface area contributed by atoms with Gasteiger partial charge in [0.15, 0.2) is 6.10 Å². The van der Waals surface area contributed by atoms with Crippen molar-refractivity contribution in [1.82, 2.24) is 62.3 Å². The van der Waals surface area contributed by atoms with Crippen LogP contribution < -0.4 is 53.4 Å². The standard InChI is InChI=1S/C61H71FN12O21Si/c1-28-30-11-13-61(96,51-32-22-73-38(52(32)71-36(50(30)51)17-34(28)62)16-31-33(59(73)91)25-94-60(92)53(31)85)72-47(82)26-93-27-68-44(79)20-67-58(90)37(15-29-5-3-2-4-6-29)70-45(80)21-65-43(78)19-66-57(89)35(69-42(77)12-14-63-46(81)23-74-48(83)9-10-49(74)84)7-8-41(76)64-18-39-54(86)56(88)55(87)40(24-75)95-39/h2-6,9-10,16-17,35,37,39-40,53-56,75,85-88H,7-8,11-15,18-27H2,1,96H3,(H,63,81)(H,64,76)(H,65,78)(H,66,89)(H,67,90)(H,68,79)(H,69,77)(H,70,80)(H,72,82)/t35?,37-,39-,40+,53-,54-,55+,56+,61-/m0/s1. The number of carbonyl (C=O) groups excluding carboxylic acids is 12. The van der Waals surface area contributed by atoms with Crippen molar-refractivity contribution in [2.75, 3.05) is 59.2 Å². The molecule has 512 valence electrons. The summed E-state index contributed by atoms with van der Waals surface area (Å²) in [5.74, 6) is -10.2. The summed E-state index contributed by atoms with van der Waals surface area (Å²) < 4.78 is 32.9. The van der Waals surface area contributed by atoms with Gasteiger partial charge in [0.1, 0.15) is 74.9 Å². The number of carbonyl (C=O) groups is 12. The third-order valence-corrected chi connectivity index (χ3v) is 18.2. The molecule has 2 aromatic heterocycles. The van der Waals surface area contributed by atoms with E-state index in [9.17, 15) is 87.9 Å². The fraction of sp³-hybridized carbons (Fsp3) is 0.443. The Labute approximate surface area is 547 Å². The van der Waals surface area contributed by atoms with E-state index >= 15 is 4.39 Å². The lowest BCUT2D eigenvalue weighted by atomic mass is 9.81. The summed E-state index contributed by atoms with van der Waals surface area (Å²) in [6.45, 7) is -3.94. The molecule has 6 heterocycles. The highest BCUT2D eigenvalue weighted by atomic mass is 28.1. The number of rotatable bonds is 28. The molecular weight excluding hydrogens is 1280 g/mol. The first-order valence-electron chi connectivity index (χ1n) is 30.5. The molecular formula is C61H71FN12O21Si. The zero-order chi connectivity index (χ0) is 69.3. The maximum atomic E-state index is 15.5. The van der Waals surface area contributed by atoms with E-state index in [1.165, 1.54) is 16.7 Å². The van der Waals surface area contributed by atoms with Crippen molar-refractivity contribution in [1.29, 1.82) is 0 Å². The fourth-order valence-electron chi connectivity index (χ4n) is 11.9. The minimum Gasteiger partial charge on any atom is -0.458 e. The molecule has 1 fully saturated rings. The van der Waals surface area contributed by atoms with E-state index in [1.807, 2.05) is 0 Å². The van der Waals surface area contributed by atoms with E-state index in [0.717, 1.165) is 12.2 Å². The SMILES string of the molecule is Cc1c(F)cc2nc3c(c4c2c1CC[C@@]4([SiH3])NC(=O)COCNC(=O)CNC(=O)[C@H](Cc1ccccc1)NC(=O)CNC(=O)CNC(=O)C(CCC(=O)NC[C@@H]1O[C@H](CO)[C@@H](O)[C@H](O)[C@H]1O)NC(=O)CCNC(=O)CN1C(=O)C=CC1=O)Cn1c-3cc2c(c1=O)COC(=O)[C@H]2O. The Bertz CT molecular complexity index is 3870. The number of aryl methyl sites for hydroxylation is 1. The summed E-state index contributed by atoms with van der Waals surface area (Å²) in [6.07, 6.45) is -8.01.